The first kappa shape index (κ1) is 20.7. The third-order valence-electron chi connectivity index (χ3n) is 4.54. The lowest BCUT2D eigenvalue weighted by atomic mass is 10.1. The van der Waals surface area contributed by atoms with Gasteiger partial charge >= 0.3 is 5.97 Å². The molecule has 0 radical (unpaired) electrons. The van der Waals surface area contributed by atoms with Crippen molar-refractivity contribution in [3.63, 3.8) is 0 Å². The molecule has 0 bridgehead atoms. The number of ether oxygens (including phenoxy) is 1. The summed E-state index contributed by atoms with van der Waals surface area (Å²) in [7, 11) is 1.43. The van der Waals surface area contributed by atoms with Crippen LogP contribution in [0.4, 0.5) is 5.69 Å². The quantitative estimate of drug-likeness (QED) is 0.538. The van der Waals surface area contributed by atoms with Gasteiger partial charge in [0.15, 0.2) is 6.61 Å². The smallest absolute Gasteiger partial charge is 0.338 e. The van der Waals surface area contributed by atoms with Crippen LogP contribution < -0.4 is 15.5 Å². The molecule has 3 rings (SSSR count). The van der Waals surface area contributed by atoms with Gasteiger partial charge in [0, 0.05) is 7.05 Å². The highest BCUT2D eigenvalue weighted by atomic mass is 16.5. The first-order valence-electron chi connectivity index (χ1n) is 9.06. The van der Waals surface area contributed by atoms with E-state index in [4.69, 9.17) is 4.74 Å². The lowest BCUT2D eigenvalue weighted by Crippen LogP contribution is -2.37. The van der Waals surface area contributed by atoms with Crippen LogP contribution in [0.1, 0.15) is 36.6 Å². The summed E-state index contributed by atoms with van der Waals surface area (Å²) in [5.41, 5.74) is 1.53. The molecule has 0 unspecified atom stereocenters. The number of hydrogen-bond acceptors (Lipinski definition) is 6. The van der Waals surface area contributed by atoms with Crippen molar-refractivity contribution in [3.8, 4) is 0 Å². The number of anilines is 1. The SMILES string of the molecule is CNC(=O)CNC(=O)COC(=O)c1ccc2c(c1)C(=O)N(c1ccccc1C)C2=O. The fourth-order valence-corrected chi connectivity index (χ4v) is 2.93. The van der Waals surface area contributed by atoms with Crippen LogP contribution in [0.3, 0.4) is 0 Å². The van der Waals surface area contributed by atoms with Crippen molar-refractivity contribution >= 4 is 35.3 Å². The number of imide groups is 1. The van der Waals surface area contributed by atoms with Gasteiger partial charge < -0.3 is 15.4 Å². The molecule has 2 aromatic carbocycles. The number of para-hydroxylation sites is 1. The predicted molar refractivity (Wildman–Crippen MR) is 106 cm³/mol. The Hall–Kier alpha value is -4.01. The van der Waals surface area contributed by atoms with Crippen molar-refractivity contribution in [2.45, 2.75) is 6.92 Å². The number of aryl methyl sites for hydroxylation is 1. The molecule has 9 nitrogen and oxygen atoms in total. The number of nitrogens with one attached hydrogen (secondary N) is 2. The molecule has 1 aliphatic heterocycles. The zero-order chi connectivity index (χ0) is 21.8. The number of carbonyl (C=O) groups excluding carboxylic acids is 5. The van der Waals surface area contributed by atoms with Gasteiger partial charge in [0.25, 0.3) is 17.7 Å². The highest BCUT2D eigenvalue weighted by Gasteiger charge is 2.37. The molecule has 4 amide bonds. The second-order valence-corrected chi connectivity index (χ2v) is 6.52. The average Bonchev–Trinajstić information content (AvgIpc) is 3.00. The Balaban J connectivity index is 1.72. The average molecular weight is 409 g/mol. The lowest BCUT2D eigenvalue weighted by molar-refractivity contribution is -0.127. The Morgan fingerprint density at radius 2 is 1.67 bits per heavy atom. The molecular formula is C21H19N3O6. The normalized spacial score (nSPS) is 12.4. The van der Waals surface area contributed by atoms with Gasteiger partial charge in [-0.05, 0) is 36.8 Å². The van der Waals surface area contributed by atoms with Gasteiger partial charge in [-0.25, -0.2) is 9.69 Å². The zero-order valence-corrected chi connectivity index (χ0v) is 16.4. The number of esters is 1. The van der Waals surface area contributed by atoms with E-state index in [1.54, 1.807) is 31.2 Å². The largest absolute Gasteiger partial charge is 0.452 e. The highest BCUT2D eigenvalue weighted by molar-refractivity contribution is 6.34. The molecule has 30 heavy (non-hydrogen) atoms. The summed E-state index contributed by atoms with van der Waals surface area (Å²) in [4.78, 5) is 61.6. The second-order valence-electron chi connectivity index (χ2n) is 6.52. The number of fused-ring (bicyclic) bond motifs is 1. The standard InChI is InChI=1S/C21H19N3O6/c1-12-5-3-4-6-16(12)24-19(27)14-8-7-13(9-15(14)20(24)28)21(29)30-11-18(26)23-10-17(25)22-2/h3-9H,10-11H2,1-2H3,(H,22,25)(H,23,26). The maximum atomic E-state index is 12.8. The number of rotatable bonds is 6. The van der Waals surface area contributed by atoms with E-state index in [1.165, 1.54) is 25.2 Å². The molecule has 0 spiro atoms. The Kier molecular flexibility index (Phi) is 5.91. The molecule has 0 aliphatic carbocycles. The van der Waals surface area contributed by atoms with Crippen LogP contribution in [0, 0.1) is 6.92 Å². The first-order valence-corrected chi connectivity index (χ1v) is 9.06. The van der Waals surface area contributed by atoms with E-state index in [-0.39, 0.29) is 23.2 Å². The van der Waals surface area contributed by atoms with E-state index in [9.17, 15) is 24.0 Å². The number of likely N-dealkylation sites (N-methyl/N-ethyl adjacent to an activating group) is 1. The van der Waals surface area contributed by atoms with Crippen molar-refractivity contribution in [1.29, 1.82) is 0 Å². The van der Waals surface area contributed by atoms with Crippen LogP contribution in [0.25, 0.3) is 0 Å². The number of amides is 4. The van der Waals surface area contributed by atoms with Gasteiger partial charge in [0.1, 0.15) is 0 Å². The van der Waals surface area contributed by atoms with E-state index in [0.717, 1.165) is 10.5 Å². The van der Waals surface area contributed by atoms with Gasteiger partial charge in [-0.2, -0.15) is 0 Å². The number of nitrogens with zero attached hydrogens (tertiary/aromatic N) is 1. The van der Waals surface area contributed by atoms with Crippen LogP contribution in [-0.2, 0) is 14.3 Å². The van der Waals surface area contributed by atoms with Crippen LogP contribution in [0.2, 0.25) is 0 Å². The van der Waals surface area contributed by atoms with Crippen LogP contribution in [0.5, 0.6) is 0 Å². The monoisotopic (exact) mass is 409 g/mol. The van der Waals surface area contributed by atoms with E-state index in [2.05, 4.69) is 10.6 Å². The van der Waals surface area contributed by atoms with E-state index in [1.807, 2.05) is 0 Å². The van der Waals surface area contributed by atoms with Crippen molar-refractivity contribution in [2.24, 2.45) is 0 Å². The minimum absolute atomic E-state index is 0.0284. The minimum Gasteiger partial charge on any atom is -0.452 e. The molecule has 1 aliphatic rings. The Morgan fingerprint density at radius 3 is 2.37 bits per heavy atom. The lowest BCUT2D eigenvalue weighted by Gasteiger charge is -2.16. The summed E-state index contributed by atoms with van der Waals surface area (Å²) in [5.74, 6) is -2.89. The summed E-state index contributed by atoms with van der Waals surface area (Å²) in [5, 5.41) is 4.63. The second kappa shape index (κ2) is 8.56. The number of hydrogen-bond donors (Lipinski definition) is 2. The van der Waals surface area contributed by atoms with E-state index in [0.29, 0.717) is 5.69 Å². The van der Waals surface area contributed by atoms with Crippen molar-refractivity contribution in [2.75, 3.05) is 25.1 Å². The number of benzene rings is 2. The van der Waals surface area contributed by atoms with Crippen molar-refractivity contribution < 1.29 is 28.7 Å². The molecule has 0 saturated carbocycles. The third kappa shape index (κ3) is 4.04. The summed E-state index contributed by atoms with van der Waals surface area (Å²) in [6.07, 6.45) is 0. The van der Waals surface area contributed by atoms with E-state index >= 15 is 0 Å². The van der Waals surface area contributed by atoms with Gasteiger partial charge in [-0.15, -0.1) is 0 Å². The first-order chi connectivity index (χ1) is 14.3. The van der Waals surface area contributed by atoms with Gasteiger partial charge in [-0.1, -0.05) is 18.2 Å². The molecule has 2 N–H and O–H groups in total. The summed E-state index contributed by atoms with van der Waals surface area (Å²) in [6.45, 7) is 0.961. The Morgan fingerprint density at radius 1 is 0.967 bits per heavy atom. The van der Waals surface area contributed by atoms with E-state index < -0.39 is 36.2 Å². The molecule has 9 heteroatoms. The molecule has 0 fully saturated rings. The molecule has 1 heterocycles. The van der Waals surface area contributed by atoms with Crippen LogP contribution in [-0.4, -0.2) is 49.8 Å². The Labute approximate surface area is 172 Å². The van der Waals surface area contributed by atoms with Crippen molar-refractivity contribution in [3.05, 3.63) is 64.7 Å². The van der Waals surface area contributed by atoms with Gasteiger partial charge in [-0.3, -0.25) is 19.2 Å². The zero-order valence-electron chi connectivity index (χ0n) is 16.4. The summed E-state index contributed by atoms with van der Waals surface area (Å²) in [6, 6.07) is 11.0. The fraction of sp³-hybridized carbons (Fsp3) is 0.190. The van der Waals surface area contributed by atoms with Gasteiger partial charge in [0.2, 0.25) is 5.91 Å². The maximum Gasteiger partial charge on any atom is 0.338 e. The molecule has 0 atom stereocenters. The van der Waals surface area contributed by atoms with Gasteiger partial charge in [0.05, 0.1) is 28.9 Å². The highest BCUT2D eigenvalue weighted by Crippen LogP contribution is 2.31. The summed E-state index contributed by atoms with van der Waals surface area (Å²) >= 11 is 0. The molecule has 2 aromatic rings. The van der Waals surface area contributed by atoms with Crippen LogP contribution >= 0.6 is 0 Å². The number of carbonyl (C=O) groups is 5. The maximum absolute atomic E-state index is 12.8. The summed E-state index contributed by atoms with van der Waals surface area (Å²) < 4.78 is 4.92. The van der Waals surface area contributed by atoms with Crippen LogP contribution in [0.15, 0.2) is 42.5 Å². The Bertz CT molecular complexity index is 1060. The molecular weight excluding hydrogens is 390 g/mol. The third-order valence-corrected chi connectivity index (χ3v) is 4.54. The topological polar surface area (TPSA) is 122 Å². The fourth-order valence-electron chi connectivity index (χ4n) is 2.93. The van der Waals surface area contributed by atoms with Crippen molar-refractivity contribution in [1.82, 2.24) is 10.6 Å². The predicted octanol–water partition coefficient (Wildman–Crippen LogP) is 0.815. The molecule has 0 aromatic heterocycles. The minimum atomic E-state index is -0.831. The molecule has 0 saturated heterocycles. The molecule has 154 valence electrons.